The monoisotopic (exact) mass is 223 g/mol. The largest absolute Gasteiger partial charge is 0.425 e. The van der Waals surface area contributed by atoms with E-state index in [1.807, 2.05) is 24.3 Å². The van der Waals surface area contributed by atoms with Crippen LogP contribution in [0.25, 0.3) is 0 Å². The summed E-state index contributed by atoms with van der Waals surface area (Å²) in [6.45, 7) is 3.47. The summed E-state index contributed by atoms with van der Waals surface area (Å²) < 4.78 is 0. The molecule has 0 amide bonds. The third-order valence-corrected chi connectivity index (χ3v) is 1.23. The van der Waals surface area contributed by atoms with Crippen molar-refractivity contribution in [3.8, 4) is 0 Å². The molecular weight excluding hydrogens is 213 g/mol. The first-order chi connectivity index (χ1) is 4.79. The van der Waals surface area contributed by atoms with E-state index in [1.54, 1.807) is 0 Å². The fourth-order valence-electron chi connectivity index (χ4n) is 0.811. The van der Waals surface area contributed by atoms with Gasteiger partial charge in [0.25, 0.3) is 0 Å². The van der Waals surface area contributed by atoms with E-state index in [9.17, 15) is 0 Å². The first-order valence-electron chi connectivity index (χ1n) is 3.26. The number of aliphatic hydroxyl groups is 1. The van der Waals surface area contributed by atoms with Crippen LogP contribution in [0, 0.1) is 13.0 Å². The standard InChI is InChI=1S/C9H10O.Y/c1-8(10)7-9-5-3-2-4-6-9;/h2-5,8,10H,1,7H2;/q-2;. The van der Waals surface area contributed by atoms with Gasteiger partial charge in [-0.1, -0.05) is 12.5 Å². The van der Waals surface area contributed by atoms with Crippen LogP contribution in [0.1, 0.15) is 5.56 Å². The Balaban J connectivity index is 0.000001000. The van der Waals surface area contributed by atoms with Gasteiger partial charge in [0.15, 0.2) is 0 Å². The van der Waals surface area contributed by atoms with Crippen molar-refractivity contribution in [1.29, 1.82) is 0 Å². The van der Waals surface area contributed by atoms with Crippen LogP contribution in [0.5, 0.6) is 0 Å². The van der Waals surface area contributed by atoms with Gasteiger partial charge in [-0.3, -0.25) is 0 Å². The van der Waals surface area contributed by atoms with E-state index in [1.165, 1.54) is 0 Å². The first kappa shape index (κ1) is 11.3. The summed E-state index contributed by atoms with van der Waals surface area (Å²) in [6, 6.07) is 10.6. The van der Waals surface area contributed by atoms with Gasteiger partial charge in [0, 0.05) is 32.7 Å². The van der Waals surface area contributed by atoms with E-state index in [4.69, 9.17) is 5.11 Å². The summed E-state index contributed by atoms with van der Waals surface area (Å²) in [5, 5.41) is 8.87. The molecule has 1 aromatic carbocycles. The molecule has 0 aromatic heterocycles. The number of hydrogen-bond acceptors (Lipinski definition) is 1. The number of hydrogen-bond donors (Lipinski definition) is 1. The molecule has 2 heteroatoms. The Morgan fingerprint density at radius 2 is 2.27 bits per heavy atom. The van der Waals surface area contributed by atoms with Gasteiger partial charge in [0.1, 0.15) is 0 Å². The van der Waals surface area contributed by atoms with Gasteiger partial charge >= 0.3 is 0 Å². The van der Waals surface area contributed by atoms with Crippen LogP contribution in [0.4, 0.5) is 0 Å². The summed E-state index contributed by atoms with van der Waals surface area (Å²) in [5.74, 6) is 0. The summed E-state index contributed by atoms with van der Waals surface area (Å²) in [4.78, 5) is 0. The van der Waals surface area contributed by atoms with Crippen LogP contribution < -0.4 is 0 Å². The number of benzene rings is 1. The molecule has 0 aliphatic carbocycles. The van der Waals surface area contributed by atoms with E-state index >= 15 is 0 Å². The van der Waals surface area contributed by atoms with E-state index in [2.05, 4.69) is 13.0 Å². The van der Waals surface area contributed by atoms with Crippen LogP contribution in [0.3, 0.4) is 0 Å². The summed E-state index contributed by atoms with van der Waals surface area (Å²) in [6.07, 6.45) is 0.0690. The molecular formula is C9H10OY-2. The van der Waals surface area contributed by atoms with Crippen LogP contribution in [0.2, 0.25) is 0 Å². The Morgan fingerprint density at radius 3 is 2.73 bits per heavy atom. The summed E-state index contributed by atoms with van der Waals surface area (Å²) >= 11 is 0. The van der Waals surface area contributed by atoms with Gasteiger partial charge in [-0.25, -0.2) is 0 Å². The van der Waals surface area contributed by atoms with Crippen molar-refractivity contribution in [2.45, 2.75) is 12.5 Å². The maximum absolute atomic E-state index is 8.87. The molecule has 0 spiro atoms. The average Bonchev–Trinajstić information content (AvgIpc) is 1.88. The van der Waals surface area contributed by atoms with Crippen molar-refractivity contribution in [2.24, 2.45) is 0 Å². The summed E-state index contributed by atoms with van der Waals surface area (Å²) in [5.41, 5.74) is 1.00. The van der Waals surface area contributed by atoms with Crippen LogP contribution in [-0.2, 0) is 39.1 Å². The molecule has 0 fully saturated rings. The van der Waals surface area contributed by atoms with E-state index in [0.29, 0.717) is 6.42 Å². The maximum Gasteiger partial charge on any atom is 0 e. The van der Waals surface area contributed by atoms with Crippen molar-refractivity contribution in [1.82, 2.24) is 0 Å². The fourth-order valence-corrected chi connectivity index (χ4v) is 0.811. The topological polar surface area (TPSA) is 20.2 Å². The van der Waals surface area contributed by atoms with E-state index in [-0.39, 0.29) is 32.7 Å². The minimum Gasteiger partial charge on any atom is -0.425 e. The van der Waals surface area contributed by atoms with Crippen molar-refractivity contribution in [3.05, 3.63) is 42.8 Å². The molecule has 0 saturated heterocycles. The second kappa shape index (κ2) is 5.87. The van der Waals surface area contributed by atoms with Gasteiger partial charge < -0.3 is 12.0 Å². The summed E-state index contributed by atoms with van der Waals surface area (Å²) in [7, 11) is 0. The molecule has 0 saturated carbocycles. The molecule has 0 heterocycles. The fraction of sp³-hybridized carbons (Fsp3) is 0.222. The smallest absolute Gasteiger partial charge is 0 e. The molecule has 11 heavy (non-hydrogen) atoms. The molecule has 1 radical (unpaired) electrons. The zero-order chi connectivity index (χ0) is 7.40. The quantitative estimate of drug-likeness (QED) is 0.747. The second-order valence-corrected chi connectivity index (χ2v) is 2.25. The van der Waals surface area contributed by atoms with Crippen molar-refractivity contribution in [2.75, 3.05) is 0 Å². The van der Waals surface area contributed by atoms with Crippen LogP contribution >= 0.6 is 0 Å². The van der Waals surface area contributed by atoms with E-state index < -0.39 is 6.10 Å². The molecule has 1 atom stereocenters. The molecule has 1 aromatic rings. The molecule has 1 unspecified atom stereocenters. The molecule has 0 aliphatic rings. The van der Waals surface area contributed by atoms with E-state index in [0.717, 1.165) is 5.56 Å². The third kappa shape index (κ3) is 4.68. The van der Waals surface area contributed by atoms with Crippen molar-refractivity contribution < 1.29 is 37.8 Å². The van der Waals surface area contributed by atoms with Gasteiger partial charge in [-0.2, -0.15) is 35.9 Å². The molecule has 1 nitrogen and oxygen atoms in total. The minimum atomic E-state index is -0.515. The minimum absolute atomic E-state index is 0. The van der Waals surface area contributed by atoms with Crippen molar-refractivity contribution >= 4 is 0 Å². The normalized spacial score (nSPS) is 11.8. The molecule has 0 bridgehead atoms. The zero-order valence-corrected chi connectivity index (χ0v) is 9.16. The Kier molecular flexibility index (Phi) is 6.03. The van der Waals surface area contributed by atoms with Gasteiger partial charge in [0.05, 0.1) is 0 Å². The predicted molar refractivity (Wildman–Crippen MR) is 40.3 cm³/mol. The first-order valence-corrected chi connectivity index (χ1v) is 3.26. The number of aliphatic hydroxyl groups excluding tert-OH is 1. The van der Waals surface area contributed by atoms with Gasteiger partial charge in [-0.15, -0.1) is 0 Å². The Hall–Kier alpha value is 0.284. The number of rotatable bonds is 2. The van der Waals surface area contributed by atoms with Gasteiger partial charge in [-0.05, 0) is 0 Å². The van der Waals surface area contributed by atoms with Crippen LogP contribution in [0.15, 0.2) is 24.3 Å². The molecule has 1 N–H and O–H groups in total. The van der Waals surface area contributed by atoms with Crippen molar-refractivity contribution in [3.63, 3.8) is 0 Å². The average molecular weight is 223 g/mol. The molecule has 0 aliphatic heterocycles. The van der Waals surface area contributed by atoms with Crippen LogP contribution in [-0.4, -0.2) is 11.2 Å². The van der Waals surface area contributed by atoms with Gasteiger partial charge in [0.2, 0.25) is 0 Å². The predicted octanol–water partition coefficient (Wildman–Crippen LogP) is 1.22. The molecule has 1 rings (SSSR count). The SMILES string of the molecule is [CH2-]C(O)Cc1[c-]cccc1.[Y]. The Labute approximate surface area is 92.7 Å². The Morgan fingerprint density at radius 1 is 1.55 bits per heavy atom. The molecule has 57 valence electrons. The Bertz CT molecular complexity index is 184. The second-order valence-electron chi connectivity index (χ2n) is 2.25. The maximum atomic E-state index is 8.87. The third-order valence-electron chi connectivity index (χ3n) is 1.23. The zero-order valence-electron chi connectivity index (χ0n) is 6.33.